The Morgan fingerprint density at radius 3 is 2.84 bits per heavy atom. The van der Waals surface area contributed by atoms with Crippen molar-refractivity contribution in [2.75, 3.05) is 18.5 Å². The highest BCUT2D eigenvalue weighted by atomic mass is 15.1. The van der Waals surface area contributed by atoms with Gasteiger partial charge >= 0.3 is 0 Å². The van der Waals surface area contributed by atoms with E-state index in [0.717, 1.165) is 29.1 Å². The Kier molecular flexibility index (Phi) is 3.08. The van der Waals surface area contributed by atoms with Crippen LogP contribution < -0.4 is 4.90 Å². The van der Waals surface area contributed by atoms with E-state index in [1.54, 1.807) is 6.20 Å². The molecule has 1 heterocycles. The maximum absolute atomic E-state index is 9.32. The number of pyridine rings is 1. The molecule has 1 aliphatic carbocycles. The molecule has 3 nitrogen and oxygen atoms in total. The second-order valence-electron chi connectivity index (χ2n) is 5.33. The summed E-state index contributed by atoms with van der Waals surface area (Å²) < 4.78 is 0. The van der Waals surface area contributed by atoms with Crippen molar-refractivity contribution in [2.45, 2.75) is 19.3 Å². The predicted octanol–water partition coefficient (Wildman–Crippen LogP) is 3.34. The van der Waals surface area contributed by atoms with E-state index in [1.165, 1.54) is 19.3 Å². The van der Waals surface area contributed by atoms with Gasteiger partial charge < -0.3 is 4.90 Å². The first-order valence-corrected chi connectivity index (χ1v) is 6.78. The van der Waals surface area contributed by atoms with Crippen LogP contribution in [0.4, 0.5) is 5.69 Å². The molecule has 2 aromatic rings. The number of hydrogen-bond acceptors (Lipinski definition) is 3. The van der Waals surface area contributed by atoms with Gasteiger partial charge in [-0.05, 0) is 24.8 Å². The van der Waals surface area contributed by atoms with Gasteiger partial charge in [0.1, 0.15) is 6.07 Å². The molecule has 1 aromatic heterocycles. The fourth-order valence-corrected chi connectivity index (χ4v) is 2.77. The molecule has 0 amide bonds. The third-order valence-electron chi connectivity index (χ3n) is 4.01. The van der Waals surface area contributed by atoms with Crippen LogP contribution in [0.25, 0.3) is 10.9 Å². The zero-order valence-electron chi connectivity index (χ0n) is 11.1. The monoisotopic (exact) mass is 251 g/mol. The zero-order chi connectivity index (χ0) is 13.2. The van der Waals surface area contributed by atoms with Crippen molar-refractivity contribution in [2.24, 2.45) is 5.92 Å². The first kappa shape index (κ1) is 12.0. The molecule has 1 aromatic carbocycles. The van der Waals surface area contributed by atoms with Crippen LogP contribution in [0.3, 0.4) is 0 Å². The lowest BCUT2D eigenvalue weighted by Gasteiger charge is -2.32. The highest BCUT2D eigenvalue weighted by Crippen LogP contribution is 2.32. The van der Waals surface area contributed by atoms with Gasteiger partial charge in [0.05, 0.1) is 16.8 Å². The van der Waals surface area contributed by atoms with Crippen molar-refractivity contribution in [3.8, 4) is 6.07 Å². The number of hydrogen-bond donors (Lipinski definition) is 0. The summed E-state index contributed by atoms with van der Waals surface area (Å²) >= 11 is 0. The Morgan fingerprint density at radius 1 is 1.37 bits per heavy atom. The zero-order valence-corrected chi connectivity index (χ0v) is 11.1. The lowest BCUT2D eigenvalue weighted by Crippen LogP contribution is -2.30. The Morgan fingerprint density at radius 2 is 2.16 bits per heavy atom. The highest BCUT2D eigenvalue weighted by Gasteiger charge is 2.21. The Hall–Kier alpha value is -2.08. The van der Waals surface area contributed by atoms with Crippen LogP contribution in [0.5, 0.6) is 0 Å². The van der Waals surface area contributed by atoms with E-state index in [2.05, 4.69) is 29.1 Å². The first-order chi connectivity index (χ1) is 9.29. The molecular formula is C16H17N3. The number of nitrogens with zero attached hydrogens (tertiary/aromatic N) is 3. The molecule has 0 spiro atoms. The van der Waals surface area contributed by atoms with Crippen LogP contribution >= 0.6 is 0 Å². The number of para-hydroxylation sites is 1. The van der Waals surface area contributed by atoms with E-state index >= 15 is 0 Å². The van der Waals surface area contributed by atoms with Crippen LogP contribution in [0, 0.1) is 17.2 Å². The lowest BCUT2D eigenvalue weighted by molar-refractivity contribution is 0.321. The van der Waals surface area contributed by atoms with Crippen LogP contribution in [-0.2, 0) is 0 Å². The highest BCUT2D eigenvalue weighted by molar-refractivity contribution is 5.94. The number of rotatable bonds is 3. The summed E-state index contributed by atoms with van der Waals surface area (Å²) in [4.78, 5) is 6.59. The number of anilines is 1. The van der Waals surface area contributed by atoms with Crippen LogP contribution in [0.2, 0.25) is 0 Å². The quantitative estimate of drug-likeness (QED) is 0.840. The van der Waals surface area contributed by atoms with Crippen molar-refractivity contribution in [1.29, 1.82) is 5.26 Å². The number of benzene rings is 1. The third-order valence-corrected chi connectivity index (χ3v) is 4.01. The molecule has 0 aliphatic heterocycles. The maximum atomic E-state index is 9.32. The van der Waals surface area contributed by atoms with Gasteiger partial charge in [-0.3, -0.25) is 4.98 Å². The minimum Gasteiger partial charge on any atom is -0.373 e. The summed E-state index contributed by atoms with van der Waals surface area (Å²) in [6, 6.07) is 10.3. The molecule has 3 rings (SSSR count). The van der Waals surface area contributed by atoms with Gasteiger partial charge in [0, 0.05) is 25.2 Å². The summed E-state index contributed by atoms with van der Waals surface area (Å²) in [6.45, 7) is 1.03. The molecule has 0 bridgehead atoms. The second kappa shape index (κ2) is 4.89. The van der Waals surface area contributed by atoms with E-state index in [9.17, 15) is 5.26 Å². The molecule has 3 heteroatoms. The Bertz CT molecular complexity index is 638. The van der Waals surface area contributed by atoms with Gasteiger partial charge in [0.15, 0.2) is 0 Å². The molecule has 0 N–H and O–H groups in total. The minimum atomic E-state index is 0.667. The Balaban J connectivity index is 2.05. The summed E-state index contributed by atoms with van der Waals surface area (Å²) in [7, 11) is 2.08. The number of nitriles is 1. The smallest absolute Gasteiger partial charge is 0.103 e. The summed E-state index contributed by atoms with van der Waals surface area (Å²) in [6.07, 6.45) is 5.67. The fourth-order valence-electron chi connectivity index (χ4n) is 2.77. The molecular weight excluding hydrogens is 234 g/mol. The summed E-state index contributed by atoms with van der Waals surface area (Å²) in [5, 5.41) is 10.4. The van der Waals surface area contributed by atoms with Gasteiger partial charge in [0.25, 0.3) is 0 Å². The Labute approximate surface area is 113 Å². The number of aromatic nitrogens is 1. The molecule has 0 radical (unpaired) electrons. The van der Waals surface area contributed by atoms with Crippen molar-refractivity contribution in [3.05, 3.63) is 36.0 Å². The predicted molar refractivity (Wildman–Crippen MR) is 77.1 cm³/mol. The molecule has 96 valence electrons. The first-order valence-electron chi connectivity index (χ1n) is 6.78. The van der Waals surface area contributed by atoms with Crippen LogP contribution in [0.1, 0.15) is 24.8 Å². The van der Waals surface area contributed by atoms with E-state index < -0.39 is 0 Å². The molecule has 1 fully saturated rings. The largest absolute Gasteiger partial charge is 0.373 e. The van der Waals surface area contributed by atoms with Crippen molar-refractivity contribution in [3.63, 3.8) is 0 Å². The summed E-state index contributed by atoms with van der Waals surface area (Å²) in [5.41, 5.74) is 2.65. The van der Waals surface area contributed by atoms with Gasteiger partial charge in [0.2, 0.25) is 0 Å². The molecule has 0 atom stereocenters. The van der Waals surface area contributed by atoms with Crippen LogP contribution in [0.15, 0.2) is 30.5 Å². The minimum absolute atomic E-state index is 0.667. The normalized spacial score (nSPS) is 14.9. The molecule has 1 saturated carbocycles. The lowest BCUT2D eigenvalue weighted by atomic mass is 9.85. The van der Waals surface area contributed by atoms with Crippen molar-refractivity contribution < 1.29 is 0 Å². The topological polar surface area (TPSA) is 39.9 Å². The average molecular weight is 251 g/mol. The van der Waals surface area contributed by atoms with E-state index in [0.29, 0.717) is 5.56 Å². The molecule has 1 aliphatic rings. The molecule has 0 saturated heterocycles. The van der Waals surface area contributed by atoms with Crippen molar-refractivity contribution >= 4 is 16.6 Å². The molecule has 19 heavy (non-hydrogen) atoms. The van der Waals surface area contributed by atoms with Gasteiger partial charge in [-0.15, -0.1) is 0 Å². The van der Waals surface area contributed by atoms with E-state index in [4.69, 9.17) is 0 Å². The average Bonchev–Trinajstić information content (AvgIpc) is 2.41. The standard InChI is InChI=1S/C16H17N3/c1-19(11-12-5-4-6-12)16-13(9-17)10-18-15-8-3-2-7-14(15)16/h2-3,7-8,10,12H,4-6,11H2,1H3. The van der Waals surface area contributed by atoms with Gasteiger partial charge in [-0.1, -0.05) is 24.6 Å². The van der Waals surface area contributed by atoms with E-state index in [-0.39, 0.29) is 0 Å². The second-order valence-corrected chi connectivity index (χ2v) is 5.33. The van der Waals surface area contributed by atoms with E-state index in [1.807, 2.05) is 18.2 Å². The van der Waals surface area contributed by atoms with Crippen LogP contribution in [-0.4, -0.2) is 18.6 Å². The number of fused-ring (bicyclic) bond motifs is 1. The fraction of sp³-hybridized carbons (Fsp3) is 0.375. The maximum Gasteiger partial charge on any atom is 0.103 e. The van der Waals surface area contributed by atoms with Crippen molar-refractivity contribution in [1.82, 2.24) is 4.98 Å². The SMILES string of the molecule is CN(CC1CCC1)c1c(C#N)cnc2ccccc12. The van der Waals surface area contributed by atoms with Gasteiger partial charge in [-0.25, -0.2) is 0 Å². The summed E-state index contributed by atoms with van der Waals surface area (Å²) in [5.74, 6) is 0.781. The van der Waals surface area contributed by atoms with Gasteiger partial charge in [-0.2, -0.15) is 5.26 Å². The third kappa shape index (κ3) is 2.15. The molecule has 0 unspecified atom stereocenters.